The van der Waals surface area contributed by atoms with Crippen LogP contribution < -0.4 is 9.64 Å². The molecule has 0 saturated carbocycles. The fourth-order valence-electron chi connectivity index (χ4n) is 5.15. The summed E-state index contributed by atoms with van der Waals surface area (Å²) >= 11 is 0. The summed E-state index contributed by atoms with van der Waals surface area (Å²) in [5.41, 5.74) is 7.11. The van der Waals surface area contributed by atoms with Crippen LogP contribution in [0.25, 0.3) is 11.4 Å². The van der Waals surface area contributed by atoms with Crippen LogP contribution in [0.15, 0.2) is 78.9 Å². The van der Waals surface area contributed by atoms with Crippen LogP contribution in [0.4, 0.5) is 5.82 Å². The van der Waals surface area contributed by atoms with Gasteiger partial charge in [-0.25, -0.2) is 9.97 Å². The van der Waals surface area contributed by atoms with Crippen molar-refractivity contribution < 1.29 is 9.84 Å². The van der Waals surface area contributed by atoms with Gasteiger partial charge in [0, 0.05) is 56.0 Å². The van der Waals surface area contributed by atoms with Crippen molar-refractivity contribution in [2.45, 2.75) is 33.3 Å². The second kappa shape index (κ2) is 12.4. The van der Waals surface area contributed by atoms with Crippen LogP contribution in [0.3, 0.4) is 0 Å². The van der Waals surface area contributed by atoms with Gasteiger partial charge >= 0.3 is 0 Å². The Labute approximate surface area is 231 Å². The molecule has 202 valence electrons. The average Bonchev–Trinajstić information content (AvgIpc) is 2.96. The second-order valence-corrected chi connectivity index (χ2v) is 10.5. The van der Waals surface area contributed by atoms with E-state index in [0.29, 0.717) is 6.54 Å². The molecule has 5 rings (SSSR count). The molecule has 1 saturated heterocycles. The number of ether oxygens (including phenoxy) is 1. The smallest absolute Gasteiger partial charge is 0.161 e. The first-order chi connectivity index (χ1) is 19.0. The zero-order valence-electron chi connectivity index (χ0n) is 23.2. The molecule has 1 N–H and O–H groups in total. The van der Waals surface area contributed by atoms with Crippen molar-refractivity contribution in [3.63, 3.8) is 0 Å². The number of aryl methyl sites for hydroxylation is 3. The molecule has 2 heterocycles. The molecular weight excluding hydrogens is 484 g/mol. The third kappa shape index (κ3) is 6.83. The third-order valence-electron chi connectivity index (χ3n) is 7.42. The lowest BCUT2D eigenvalue weighted by molar-refractivity contribution is 0.0662. The lowest BCUT2D eigenvalue weighted by atomic mass is 9.97. The Bertz CT molecular complexity index is 1370. The molecule has 1 aromatic heterocycles. The summed E-state index contributed by atoms with van der Waals surface area (Å²) in [5.74, 6) is 2.57. The van der Waals surface area contributed by atoms with E-state index in [2.05, 4.69) is 60.9 Å². The molecule has 0 aliphatic carbocycles. The number of piperazine rings is 1. The van der Waals surface area contributed by atoms with Crippen molar-refractivity contribution in [1.29, 1.82) is 0 Å². The number of aliphatic hydroxyl groups is 1. The van der Waals surface area contributed by atoms with Gasteiger partial charge in [0.2, 0.25) is 0 Å². The molecule has 6 heteroatoms. The number of β-amino-alcohol motifs (C(OH)–C–C–N with tert-alkyl or cyclic N) is 1. The summed E-state index contributed by atoms with van der Waals surface area (Å²) < 4.78 is 5.75. The molecule has 1 atom stereocenters. The van der Waals surface area contributed by atoms with Gasteiger partial charge in [0.05, 0.1) is 0 Å². The van der Waals surface area contributed by atoms with Gasteiger partial charge in [0.1, 0.15) is 24.3 Å². The molecule has 1 fully saturated rings. The first kappa shape index (κ1) is 26.9. The van der Waals surface area contributed by atoms with Gasteiger partial charge in [0.15, 0.2) is 5.82 Å². The average molecular weight is 523 g/mol. The number of hydrogen-bond acceptors (Lipinski definition) is 6. The van der Waals surface area contributed by atoms with Gasteiger partial charge in [-0.1, -0.05) is 72.3 Å². The number of anilines is 1. The molecule has 0 radical (unpaired) electrons. The third-order valence-corrected chi connectivity index (χ3v) is 7.42. The maximum absolute atomic E-state index is 10.6. The maximum Gasteiger partial charge on any atom is 0.161 e. The van der Waals surface area contributed by atoms with Gasteiger partial charge < -0.3 is 14.7 Å². The number of benzene rings is 3. The quantitative estimate of drug-likeness (QED) is 0.325. The highest BCUT2D eigenvalue weighted by Crippen LogP contribution is 2.29. The van der Waals surface area contributed by atoms with E-state index >= 15 is 0 Å². The number of para-hydroxylation sites is 1. The van der Waals surface area contributed by atoms with Crippen molar-refractivity contribution >= 4 is 5.82 Å². The lowest BCUT2D eigenvalue weighted by Gasteiger charge is -2.37. The fraction of sp³-hybridized carbons (Fsp3) is 0.333. The molecule has 39 heavy (non-hydrogen) atoms. The number of rotatable bonds is 9. The molecule has 0 bridgehead atoms. The standard InChI is InChI=1S/C33H38N4O2/c1-24-14-15-25(2)28(20-24)21-31-26(3)34-32(27-10-6-4-7-11-27)35-33(31)37-18-16-36(17-19-37)22-29(38)23-39-30-12-8-5-9-13-30/h4-15,20,29,38H,16-19,21-23H2,1-3H3. The van der Waals surface area contributed by atoms with E-state index in [1.165, 1.54) is 22.3 Å². The summed E-state index contributed by atoms with van der Waals surface area (Å²) in [4.78, 5) is 14.8. The Morgan fingerprint density at radius 1 is 0.846 bits per heavy atom. The highest BCUT2D eigenvalue weighted by atomic mass is 16.5. The maximum atomic E-state index is 10.6. The highest BCUT2D eigenvalue weighted by Gasteiger charge is 2.24. The number of hydrogen-bond donors (Lipinski definition) is 1. The van der Waals surface area contributed by atoms with Gasteiger partial charge in [-0.15, -0.1) is 0 Å². The number of nitrogens with zero attached hydrogens (tertiary/aromatic N) is 4. The van der Waals surface area contributed by atoms with Gasteiger partial charge in [-0.2, -0.15) is 0 Å². The van der Waals surface area contributed by atoms with Crippen molar-refractivity contribution in [2.75, 3.05) is 44.2 Å². The summed E-state index contributed by atoms with van der Waals surface area (Å²) in [7, 11) is 0. The van der Waals surface area contributed by atoms with E-state index in [9.17, 15) is 5.11 Å². The molecule has 0 amide bonds. The van der Waals surface area contributed by atoms with Crippen LogP contribution in [-0.4, -0.2) is 65.4 Å². The Kier molecular flexibility index (Phi) is 8.54. The van der Waals surface area contributed by atoms with Crippen molar-refractivity contribution in [3.8, 4) is 17.1 Å². The first-order valence-electron chi connectivity index (χ1n) is 13.8. The summed E-state index contributed by atoms with van der Waals surface area (Å²) in [6, 6.07) is 26.5. The van der Waals surface area contributed by atoms with Crippen molar-refractivity contribution in [1.82, 2.24) is 14.9 Å². The van der Waals surface area contributed by atoms with Gasteiger partial charge in [0.25, 0.3) is 0 Å². The Morgan fingerprint density at radius 3 is 2.26 bits per heavy atom. The monoisotopic (exact) mass is 522 g/mol. The normalized spacial score (nSPS) is 14.8. The molecule has 1 aliphatic heterocycles. The Morgan fingerprint density at radius 2 is 1.54 bits per heavy atom. The SMILES string of the molecule is Cc1ccc(C)c(Cc2c(C)nc(-c3ccccc3)nc2N2CCN(CC(O)COc3ccccc3)CC2)c1. The van der Waals surface area contributed by atoms with E-state index in [4.69, 9.17) is 14.7 Å². The molecular formula is C33H38N4O2. The van der Waals surface area contributed by atoms with E-state index in [0.717, 1.165) is 61.2 Å². The second-order valence-electron chi connectivity index (χ2n) is 10.5. The van der Waals surface area contributed by atoms with Crippen LogP contribution in [0.2, 0.25) is 0 Å². The predicted molar refractivity (Wildman–Crippen MR) is 158 cm³/mol. The molecule has 1 aliphatic rings. The van der Waals surface area contributed by atoms with Crippen LogP contribution in [0.1, 0.15) is 27.9 Å². The van der Waals surface area contributed by atoms with Crippen molar-refractivity contribution in [3.05, 3.63) is 107 Å². The minimum absolute atomic E-state index is 0.287. The molecule has 6 nitrogen and oxygen atoms in total. The minimum atomic E-state index is -0.539. The fourth-order valence-corrected chi connectivity index (χ4v) is 5.15. The lowest BCUT2D eigenvalue weighted by Crippen LogP contribution is -2.49. The molecule has 0 spiro atoms. The molecule has 1 unspecified atom stereocenters. The topological polar surface area (TPSA) is 61.7 Å². The van der Waals surface area contributed by atoms with Crippen LogP contribution >= 0.6 is 0 Å². The predicted octanol–water partition coefficient (Wildman–Crippen LogP) is 5.22. The van der Waals surface area contributed by atoms with E-state index < -0.39 is 6.10 Å². The highest BCUT2D eigenvalue weighted by molar-refractivity contribution is 5.61. The van der Waals surface area contributed by atoms with E-state index in [1.807, 2.05) is 48.5 Å². The zero-order chi connectivity index (χ0) is 27.2. The summed E-state index contributed by atoms with van der Waals surface area (Å²) in [6.07, 6.45) is 0.266. The Balaban J connectivity index is 1.32. The van der Waals surface area contributed by atoms with Crippen LogP contribution in [-0.2, 0) is 6.42 Å². The summed E-state index contributed by atoms with van der Waals surface area (Å²) in [6.45, 7) is 10.7. The van der Waals surface area contributed by atoms with Gasteiger partial charge in [-0.05, 0) is 44.0 Å². The Hall–Kier alpha value is -3.74. The van der Waals surface area contributed by atoms with Crippen LogP contribution in [0.5, 0.6) is 5.75 Å². The first-order valence-corrected chi connectivity index (χ1v) is 13.8. The van der Waals surface area contributed by atoms with Gasteiger partial charge in [-0.3, -0.25) is 4.90 Å². The zero-order valence-corrected chi connectivity index (χ0v) is 23.2. The minimum Gasteiger partial charge on any atom is -0.491 e. The van der Waals surface area contributed by atoms with E-state index in [-0.39, 0.29) is 6.61 Å². The van der Waals surface area contributed by atoms with E-state index in [1.54, 1.807) is 0 Å². The van der Waals surface area contributed by atoms with Crippen molar-refractivity contribution in [2.24, 2.45) is 0 Å². The van der Waals surface area contributed by atoms with Crippen LogP contribution in [0, 0.1) is 20.8 Å². The number of aliphatic hydroxyl groups excluding tert-OH is 1. The molecule has 4 aromatic rings. The number of aromatic nitrogens is 2. The largest absolute Gasteiger partial charge is 0.491 e. The summed E-state index contributed by atoms with van der Waals surface area (Å²) in [5, 5.41) is 10.6. The molecule has 3 aromatic carbocycles.